The zero-order valence-corrected chi connectivity index (χ0v) is 19.4. The summed E-state index contributed by atoms with van der Waals surface area (Å²) in [5.74, 6) is 0.550. The molecule has 2 aromatic rings. The van der Waals surface area contributed by atoms with Gasteiger partial charge < -0.3 is 0 Å². The van der Waals surface area contributed by atoms with Gasteiger partial charge in [0.1, 0.15) is 0 Å². The molecule has 29 heavy (non-hydrogen) atoms. The van der Waals surface area contributed by atoms with Crippen LogP contribution >= 0.6 is 0 Å². The Morgan fingerprint density at radius 3 is 2.72 bits per heavy atom. The Morgan fingerprint density at radius 2 is 2.03 bits per heavy atom. The number of rotatable bonds is 8. The second kappa shape index (κ2) is 10.2. The zero-order chi connectivity index (χ0) is 20.9. The minimum atomic E-state index is -1.09. The van der Waals surface area contributed by atoms with Crippen LogP contribution in [0.4, 0.5) is 4.39 Å². The predicted octanol–water partition coefficient (Wildman–Crippen LogP) is 1.02. The third-order valence-corrected chi connectivity index (χ3v) is 7.48. The molecule has 1 aliphatic rings. The standard InChI is InChI=1S/C23H30FINO3/c1-17(2)12-23(27,13-19-11-20(24)9-10-21(19)28-3)22-15-26(25-16-29-22)14-18-7-5-4-6-8-18/h4-11,17,22,27H,12-16H2,1-3H3/q-1. The molecule has 1 saturated heterocycles. The Bertz CT molecular complexity index is 789. The second-order valence-corrected chi connectivity index (χ2v) is 10.7. The van der Waals surface area contributed by atoms with Gasteiger partial charge in [-0.2, -0.15) is 0 Å². The topological polar surface area (TPSA) is 41.9 Å². The number of nitrogens with zero attached hydrogens (tertiary/aromatic N) is 1. The number of hydrogen-bond acceptors (Lipinski definition) is 4. The molecule has 0 amide bonds. The van der Waals surface area contributed by atoms with E-state index >= 15 is 0 Å². The van der Waals surface area contributed by atoms with Crippen LogP contribution in [0.5, 0.6) is 5.75 Å². The molecule has 2 atom stereocenters. The fraction of sp³-hybridized carbons (Fsp3) is 0.478. The molecule has 0 radical (unpaired) electrons. The first-order chi connectivity index (χ1) is 13.9. The van der Waals surface area contributed by atoms with Crippen LogP contribution in [0.25, 0.3) is 0 Å². The molecule has 1 N–H and O–H groups in total. The van der Waals surface area contributed by atoms with Crippen LogP contribution in [0.3, 0.4) is 0 Å². The van der Waals surface area contributed by atoms with Crippen molar-refractivity contribution in [2.45, 2.75) is 44.9 Å². The van der Waals surface area contributed by atoms with Gasteiger partial charge in [-0.15, -0.1) is 0 Å². The monoisotopic (exact) mass is 514 g/mol. The molecule has 0 saturated carbocycles. The van der Waals surface area contributed by atoms with Gasteiger partial charge in [-0.25, -0.2) is 0 Å². The van der Waals surface area contributed by atoms with E-state index in [1.54, 1.807) is 13.2 Å². The van der Waals surface area contributed by atoms with Crippen LogP contribution in [0.15, 0.2) is 48.5 Å². The summed E-state index contributed by atoms with van der Waals surface area (Å²) in [5, 5.41) is 11.7. The summed E-state index contributed by atoms with van der Waals surface area (Å²) in [6, 6.07) is 14.9. The fourth-order valence-electron chi connectivity index (χ4n) is 3.91. The molecule has 0 spiro atoms. The molecule has 6 heteroatoms. The molecule has 2 aromatic carbocycles. The summed E-state index contributed by atoms with van der Waals surface area (Å²) in [4.78, 5) is 0. The van der Waals surface area contributed by atoms with Crippen molar-refractivity contribution < 1.29 is 40.4 Å². The van der Waals surface area contributed by atoms with E-state index in [2.05, 4.69) is 41.2 Å². The van der Waals surface area contributed by atoms with Gasteiger partial charge in [0.15, 0.2) is 0 Å². The normalized spacial score (nSPS) is 20.1. The van der Waals surface area contributed by atoms with Crippen molar-refractivity contribution in [3.63, 3.8) is 0 Å². The van der Waals surface area contributed by atoms with E-state index in [4.69, 9.17) is 9.47 Å². The molecule has 160 valence electrons. The molecular weight excluding hydrogens is 484 g/mol. The molecule has 0 aliphatic carbocycles. The molecule has 1 fully saturated rings. The van der Waals surface area contributed by atoms with Crippen molar-refractivity contribution >= 4 is 0 Å². The summed E-state index contributed by atoms with van der Waals surface area (Å²) >= 11 is -0.234. The first-order valence-electron chi connectivity index (χ1n) is 9.94. The van der Waals surface area contributed by atoms with E-state index < -0.39 is 5.60 Å². The van der Waals surface area contributed by atoms with Crippen LogP contribution in [0.1, 0.15) is 31.4 Å². The summed E-state index contributed by atoms with van der Waals surface area (Å²) in [6.07, 6.45) is 0.554. The quantitative estimate of drug-likeness (QED) is 0.325. The van der Waals surface area contributed by atoms with Crippen molar-refractivity contribution in [1.82, 2.24) is 3.11 Å². The maximum atomic E-state index is 13.9. The van der Waals surface area contributed by atoms with E-state index in [0.29, 0.717) is 35.3 Å². The van der Waals surface area contributed by atoms with Crippen molar-refractivity contribution in [2.75, 3.05) is 18.3 Å². The van der Waals surface area contributed by atoms with Gasteiger partial charge in [0, 0.05) is 0 Å². The molecule has 1 aliphatic heterocycles. The van der Waals surface area contributed by atoms with Gasteiger partial charge in [-0.1, -0.05) is 0 Å². The van der Waals surface area contributed by atoms with Crippen molar-refractivity contribution in [3.8, 4) is 5.75 Å². The van der Waals surface area contributed by atoms with Crippen molar-refractivity contribution in [3.05, 3.63) is 65.5 Å². The summed E-state index contributed by atoms with van der Waals surface area (Å²) in [5.41, 5.74) is 0.857. The van der Waals surface area contributed by atoms with Gasteiger partial charge in [0.05, 0.1) is 0 Å². The van der Waals surface area contributed by atoms with Gasteiger partial charge in [0.25, 0.3) is 0 Å². The number of methoxy groups -OCH3 is 1. The van der Waals surface area contributed by atoms with Gasteiger partial charge in [-0.05, 0) is 0 Å². The summed E-state index contributed by atoms with van der Waals surface area (Å²) in [6.45, 7) is 5.73. The SMILES string of the molecule is COc1ccc(F)cc1CC(O)(CC(C)C)C1CN(Cc2ccccc2)[I-]CO1. The van der Waals surface area contributed by atoms with Crippen molar-refractivity contribution in [2.24, 2.45) is 5.92 Å². The zero-order valence-electron chi connectivity index (χ0n) is 17.3. The van der Waals surface area contributed by atoms with Crippen LogP contribution < -0.4 is 26.2 Å². The third kappa shape index (κ3) is 6.13. The molecule has 4 nitrogen and oxygen atoms in total. The van der Waals surface area contributed by atoms with Gasteiger partial charge in [-0.3, -0.25) is 0 Å². The molecule has 1 heterocycles. The summed E-state index contributed by atoms with van der Waals surface area (Å²) < 4.78 is 28.5. The van der Waals surface area contributed by atoms with Crippen LogP contribution in [-0.2, 0) is 17.7 Å². The number of halogens is 2. The molecular formula is C23H30FINO3-. The first-order valence-corrected chi connectivity index (χ1v) is 12.4. The average Bonchev–Trinajstić information content (AvgIpc) is 2.68. The van der Waals surface area contributed by atoms with E-state index in [-0.39, 0.29) is 39.3 Å². The number of benzene rings is 2. The Hall–Kier alpha value is -1.22. The Balaban J connectivity index is 1.80. The number of ether oxygens (including phenoxy) is 2. The van der Waals surface area contributed by atoms with Gasteiger partial charge in [0.2, 0.25) is 0 Å². The van der Waals surface area contributed by atoms with Crippen molar-refractivity contribution in [1.29, 1.82) is 0 Å². The van der Waals surface area contributed by atoms with Gasteiger partial charge >= 0.3 is 184 Å². The Labute approximate surface area is 183 Å². The maximum absolute atomic E-state index is 13.9. The molecule has 0 aromatic heterocycles. The number of hydrogen-bond donors (Lipinski definition) is 1. The first kappa shape index (κ1) is 22.5. The summed E-state index contributed by atoms with van der Waals surface area (Å²) in [7, 11) is 1.57. The van der Waals surface area contributed by atoms with Crippen LogP contribution in [0.2, 0.25) is 0 Å². The van der Waals surface area contributed by atoms with E-state index in [1.807, 2.05) is 6.07 Å². The fourth-order valence-corrected chi connectivity index (χ4v) is 6.17. The van der Waals surface area contributed by atoms with E-state index in [0.717, 1.165) is 6.54 Å². The predicted molar refractivity (Wildman–Crippen MR) is 108 cm³/mol. The van der Waals surface area contributed by atoms with Crippen LogP contribution in [0, 0.1) is 11.7 Å². The van der Waals surface area contributed by atoms with E-state index in [9.17, 15) is 9.50 Å². The third-order valence-electron chi connectivity index (χ3n) is 5.14. The van der Waals surface area contributed by atoms with Crippen LogP contribution in [-0.4, -0.2) is 38.2 Å². The minimum absolute atomic E-state index is 0.234. The van der Waals surface area contributed by atoms with E-state index in [1.165, 1.54) is 17.7 Å². The molecule has 3 rings (SSSR count). The second-order valence-electron chi connectivity index (χ2n) is 8.01. The molecule has 2 unspecified atom stereocenters. The number of aliphatic hydroxyl groups is 1. The Kier molecular flexibility index (Phi) is 7.90. The Morgan fingerprint density at radius 1 is 1.28 bits per heavy atom. The average molecular weight is 514 g/mol. The number of alkyl halides is 1. The molecule has 0 bridgehead atoms.